The number of carbonyl (C=O) groups excluding carboxylic acids is 2. The monoisotopic (exact) mass is 377 g/mol. The summed E-state index contributed by atoms with van der Waals surface area (Å²) in [5.41, 5.74) is 1.02. The molecule has 1 unspecified atom stereocenters. The lowest BCUT2D eigenvalue weighted by Crippen LogP contribution is -2.46. The predicted octanol–water partition coefficient (Wildman–Crippen LogP) is 2.64. The number of ether oxygens (including phenoxy) is 1. The van der Waals surface area contributed by atoms with Gasteiger partial charge in [-0.2, -0.15) is 0 Å². The molecule has 2 aliphatic rings. The molecular weight excluding hydrogens is 349 g/mol. The van der Waals surface area contributed by atoms with Gasteiger partial charge in [-0.3, -0.25) is 4.79 Å². The number of carbonyl (C=O) groups is 2. The first-order valence-electron chi connectivity index (χ1n) is 9.76. The van der Waals surface area contributed by atoms with Crippen LogP contribution < -0.4 is 10.2 Å². The topological polar surface area (TPSA) is 61.9 Å². The Labute approximate surface area is 159 Å². The number of nitrogens with zero attached hydrogens (tertiary/aromatic N) is 2. The summed E-state index contributed by atoms with van der Waals surface area (Å²) in [5, 5.41) is 3.03. The number of amides is 2. The van der Waals surface area contributed by atoms with Crippen molar-refractivity contribution < 1.29 is 18.7 Å². The number of halogens is 1. The SMILES string of the molecule is CCOC(=O)C1CCN(C(=O)NCC2CCN(c3ccc(F)cc3)C2)CC1. The number of anilines is 1. The van der Waals surface area contributed by atoms with Gasteiger partial charge in [0.25, 0.3) is 0 Å². The molecule has 2 heterocycles. The minimum absolute atomic E-state index is 0.0578. The van der Waals surface area contributed by atoms with Crippen molar-refractivity contribution in [2.75, 3.05) is 44.2 Å². The van der Waals surface area contributed by atoms with E-state index in [9.17, 15) is 14.0 Å². The van der Waals surface area contributed by atoms with Crippen molar-refractivity contribution in [2.45, 2.75) is 26.2 Å². The fraction of sp³-hybridized carbons (Fsp3) is 0.600. The van der Waals surface area contributed by atoms with Gasteiger partial charge in [0.1, 0.15) is 5.82 Å². The van der Waals surface area contributed by atoms with Crippen LogP contribution in [0.2, 0.25) is 0 Å². The van der Waals surface area contributed by atoms with Crippen molar-refractivity contribution in [3.8, 4) is 0 Å². The number of benzene rings is 1. The number of rotatable bonds is 5. The zero-order chi connectivity index (χ0) is 19.2. The molecule has 2 amide bonds. The highest BCUT2D eigenvalue weighted by Crippen LogP contribution is 2.24. The third-order valence-electron chi connectivity index (χ3n) is 5.42. The maximum absolute atomic E-state index is 13.0. The third kappa shape index (κ3) is 5.11. The van der Waals surface area contributed by atoms with Crippen molar-refractivity contribution in [1.29, 1.82) is 0 Å². The summed E-state index contributed by atoms with van der Waals surface area (Å²) in [6.45, 7) is 5.78. The van der Waals surface area contributed by atoms with E-state index in [1.54, 1.807) is 24.0 Å². The van der Waals surface area contributed by atoms with Crippen LogP contribution in [0.3, 0.4) is 0 Å². The van der Waals surface area contributed by atoms with Crippen molar-refractivity contribution in [3.05, 3.63) is 30.1 Å². The minimum Gasteiger partial charge on any atom is -0.466 e. The van der Waals surface area contributed by atoms with Crippen LogP contribution in [0.5, 0.6) is 0 Å². The molecule has 3 rings (SSSR count). The van der Waals surface area contributed by atoms with Gasteiger partial charge < -0.3 is 19.9 Å². The first-order chi connectivity index (χ1) is 13.1. The molecule has 2 aliphatic heterocycles. The van der Waals surface area contributed by atoms with E-state index in [2.05, 4.69) is 10.2 Å². The lowest BCUT2D eigenvalue weighted by molar-refractivity contribution is -0.149. The Morgan fingerprint density at radius 3 is 2.52 bits per heavy atom. The molecule has 1 atom stereocenters. The highest BCUT2D eigenvalue weighted by atomic mass is 19.1. The average molecular weight is 377 g/mol. The van der Waals surface area contributed by atoms with Crippen LogP contribution in [0.25, 0.3) is 0 Å². The molecule has 0 saturated carbocycles. The Morgan fingerprint density at radius 1 is 1.15 bits per heavy atom. The number of hydrogen-bond acceptors (Lipinski definition) is 4. The Morgan fingerprint density at radius 2 is 1.85 bits per heavy atom. The van der Waals surface area contributed by atoms with E-state index in [0.29, 0.717) is 45.0 Å². The van der Waals surface area contributed by atoms with E-state index in [-0.39, 0.29) is 23.7 Å². The third-order valence-corrected chi connectivity index (χ3v) is 5.42. The van der Waals surface area contributed by atoms with Crippen LogP contribution in [-0.4, -0.2) is 56.2 Å². The maximum Gasteiger partial charge on any atom is 0.317 e. The molecule has 0 aromatic heterocycles. The summed E-state index contributed by atoms with van der Waals surface area (Å²) in [4.78, 5) is 28.2. The fourth-order valence-electron chi connectivity index (χ4n) is 3.81. The predicted molar refractivity (Wildman–Crippen MR) is 101 cm³/mol. The van der Waals surface area contributed by atoms with E-state index in [4.69, 9.17) is 4.74 Å². The second kappa shape index (κ2) is 9.06. The van der Waals surface area contributed by atoms with Crippen LogP contribution >= 0.6 is 0 Å². The molecule has 0 spiro atoms. The van der Waals surface area contributed by atoms with Crippen molar-refractivity contribution in [3.63, 3.8) is 0 Å². The normalized spacial score (nSPS) is 20.6. The van der Waals surface area contributed by atoms with Gasteiger partial charge in [0.2, 0.25) is 0 Å². The van der Waals surface area contributed by atoms with Gasteiger partial charge in [-0.25, -0.2) is 9.18 Å². The molecule has 27 heavy (non-hydrogen) atoms. The van der Waals surface area contributed by atoms with Crippen LogP contribution in [0.4, 0.5) is 14.9 Å². The summed E-state index contributed by atoms with van der Waals surface area (Å²) in [6, 6.07) is 6.49. The smallest absolute Gasteiger partial charge is 0.317 e. The standard InChI is InChI=1S/C20H28FN3O3/c1-2-27-19(25)16-8-11-23(12-9-16)20(26)22-13-15-7-10-24(14-15)18-5-3-17(21)4-6-18/h3-6,15-16H,2,7-14H2,1H3,(H,22,26). The van der Waals surface area contributed by atoms with Gasteiger partial charge in [-0.05, 0) is 56.4 Å². The zero-order valence-corrected chi connectivity index (χ0v) is 15.8. The first kappa shape index (κ1) is 19.5. The second-order valence-electron chi connectivity index (χ2n) is 7.28. The Hall–Kier alpha value is -2.31. The molecule has 2 saturated heterocycles. The van der Waals surface area contributed by atoms with Crippen LogP contribution in [0, 0.1) is 17.7 Å². The van der Waals surface area contributed by atoms with Gasteiger partial charge in [0.05, 0.1) is 12.5 Å². The molecule has 1 N–H and O–H groups in total. The molecular formula is C20H28FN3O3. The molecule has 0 aliphatic carbocycles. The summed E-state index contributed by atoms with van der Waals surface area (Å²) in [7, 11) is 0. The maximum atomic E-state index is 13.0. The molecule has 148 valence electrons. The number of likely N-dealkylation sites (tertiary alicyclic amines) is 1. The van der Waals surface area contributed by atoms with E-state index in [0.717, 1.165) is 25.2 Å². The summed E-state index contributed by atoms with van der Waals surface area (Å²) in [6.07, 6.45) is 2.32. The number of hydrogen-bond donors (Lipinski definition) is 1. The molecule has 1 aromatic carbocycles. The number of esters is 1. The quantitative estimate of drug-likeness (QED) is 0.802. The second-order valence-corrected chi connectivity index (χ2v) is 7.28. The zero-order valence-electron chi connectivity index (χ0n) is 15.8. The van der Waals surface area contributed by atoms with Crippen molar-refractivity contribution >= 4 is 17.7 Å². The minimum atomic E-state index is -0.228. The lowest BCUT2D eigenvalue weighted by atomic mass is 9.97. The molecule has 2 fully saturated rings. The van der Waals surface area contributed by atoms with Gasteiger partial charge in [0, 0.05) is 38.4 Å². The van der Waals surface area contributed by atoms with Gasteiger partial charge in [0.15, 0.2) is 0 Å². The van der Waals surface area contributed by atoms with Crippen LogP contribution in [0.1, 0.15) is 26.2 Å². The van der Waals surface area contributed by atoms with E-state index in [1.165, 1.54) is 12.1 Å². The molecule has 1 aromatic rings. The molecule has 0 bridgehead atoms. The number of urea groups is 1. The van der Waals surface area contributed by atoms with Crippen molar-refractivity contribution in [1.82, 2.24) is 10.2 Å². The summed E-state index contributed by atoms with van der Waals surface area (Å²) >= 11 is 0. The number of nitrogens with one attached hydrogen (secondary N) is 1. The lowest BCUT2D eigenvalue weighted by Gasteiger charge is -2.31. The van der Waals surface area contributed by atoms with E-state index < -0.39 is 0 Å². The summed E-state index contributed by atoms with van der Waals surface area (Å²) in [5.74, 6) is -0.0814. The Bertz CT molecular complexity index is 644. The van der Waals surface area contributed by atoms with Crippen LogP contribution in [-0.2, 0) is 9.53 Å². The average Bonchev–Trinajstić information content (AvgIpc) is 3.16. The van der Waals surface area contributed by atoms with Gasteiger partial charge in [-0.15, -0.1) is 0 Å². The first-order valence-corrected chi connectivity index (χ1v) is 9.76. The molecule has 0 radical (unpaired) electrons. The largest absolute Gasteiger partial charge is 0.466 e. The summed E-state index contributed by atoms with van der Waals surface area (Å²) < 4.78 is 18.1. The molecule has 7 heteroatoms. The van der Waals surface area contributed by atoms with Gasteiger partial charge in [-0.1, -0.05) is 0 Å². The van der Waals surface area contributed by atoms with E-state index >= 15 is 0 Å². The number of piperidine rings is 1. The fourth-order valence-corrected chi connectivity index (χ4v) is 3.81. The van der Waals surface area contributed by atoms with Crippen molar-refractivity contribution in [2.24, 2.45) is 11.8 Å². The highest BCUT2D eigenvalue weighted by molar-refractivity contribution is 5.76. The Balaban J connectivity index is 1.39. The van der Waals surface area contributed by atoms with Crippen LogP contribution in [0.15, 0.2) is 24.3 Å². The Kier molecular flexibility index (Phi) is 6.53. The van der Waals surface area contributed by atoms with E-state index in [1.807, 2.05) is 0 Å². The highest BCUT2D eigenvalue weighted by Gasteiger charge is 2.29. The molecule has 6 nitrogen and oxygen atoms in total. The van der Waals surface area contributed by atoms with Gasteiger partial charge >= 0.3 is 12.0 Å².